The van der Waals surface area contributed by atoms with Crippen molar-refractivity contribution in [1.82, 2.24) is 9.78 Å². The van der Waals surface area contributed by atoms with Crippen molar-refractivity contribution in [2.75, 3.05) is 18.1 Å². The fourth-order valence-electron chi connectivity index (χ4n) is 0.808. The van der Waals surface area contributed by atoms with Gasteiger partial charge in [0.15, 0.2) is 0 Å². The van der Waals surface area contributed by atoms with Crippen molar-refractivity contribution in [1.29, 1.82) is 0 Å². The molecule has 0 aliphatic carbocycles. The van der Waals surface area contributed by atoms with Crippen molar-refractivity contribution in [2.45, 2.75) is 13.0 Å². The van der Waals surface area contributed by atoms with Crippen LogP contribution in [0.25, 0.3) is 0 Å². The molecule has 0 saturated heterocycles. The largest absolute Gasteiger partial charge is 0.396 e. The van der Waals surface area contributed by atoms with E-state index in [1.165, 1.54) is 6.20 Å². The molecule has 11 heavy (non-hydrogen) atoms. The van der Waals surface area contributed by atoms with E-state index in [1.54, 1.807) is 4.68 Å². The highest BCUT2D eigenvalue weighted by atomic mass is 16.3. The third kappa shape index (κ3) is 1.62. The summed E-state index contributed by atoms with van der Waals surface area (Å²) < 4.78 is 1.57. The number of nitrogens with zero attached hydrogens (tertiary/aromatic N) is 2. The Labute approximate surface area is 64.6 Å². The van der Waals surface area contributed by atoms with E-state index in [0.717, 1.165) is 0 Å². The van der Waals surface area contributed by atoms with Gasteiger partial charge in [-0.25, -0.2) is 4.68 Å². The predicted octanol–water partition coefficient (Wildman–Crippen LogP) is -0.570. The predicted molar refractivity (Wildman–Crippen MR) is 42.8 cm³/mol. The van der Waals surface area contributed by atoms with Crippen LogP contribution < -0.4 is 11.5 Å². The smallest absolute Gasteiger partial charge is 0.145 e. The number of aromatic nitrogens is 2. The van der Waals surface area contributed by atoms with Crippen LogP contribution in [0.15, 0.2) is 6.20 Å². The molecule has 0 amide bonds. The van der Waals surface area contributed by atoms with Crippen LogP contribution in [0.5, 0.6) is 0 Å². The molecule has 1 rings (SSSR count). The summed E-state index contributed by atoms with van der Waals surface area (Å²) in [6, 6.07) is 0. The van der Waals surface area contributed by atoms with E-state index in [4.69, 9.17) is 16.6 Å². The summed E-state index contributed by atoms with van der Waals surface area (Å²) in [7, 11) is 0. The number of nitrogen functional groups attached to an aromatic ring is 2. The second-order valence-electron chi connectivity index (χ2n) is 2.29. The van der Waals surface area contributed by atoms with Crippen LogP contribution in [0.1, 0.15) is 6.42 Å². The summed E-state index contributed by atoms with van der Waals surface area (Å²) in [4.78, 5) is 0. The Kier molecular flexibility index (Phi) is 2.32. The van der Waals surface area contributed by atoms with Crippen molar-refractivity contribution in [3.63, 3.8) is 0 Å². The molecule has 0 aromatic carbocycles. The molecule has 0 saturated carbocycles. The number of hydrogen-bond acceptors (Lipinski definition) is 4. The SMILES string of the molecule is Nc1cnn(CCCO)c1N. The molecule has 0 aliphatic rings. The van der Waals surface area contributed by atoms with E-state index >= 15 is 0 Å². The molecule has 1 aromatic rings. The van der Waals surface area contributed by atoms with Crippen molar-refractivity contribution in [2.24, 2.45) is 0 Å². The fraction of sp³-hybridized carbons (Fsp3) is 0.500. The van der Waals surface area contributed by atoms with E-state index in [-0.39, 0.29) is 6.61 Å². The van der Waals surface area contributed by atoms with Gasteiger partial charge in [0.05, 0.1) is 11.9 Å². The lowest BCUT2D eigenvalue weighted by Gasteiger charge is -2.01. The van der Waals surface area contributed by atoms with E-state index in [2.05, 4.69) is 5.10 Å². The van der Waals surface area contributed by atoms with Crippen LogP contribution in [-0.4, -0.2) is 21.5 Å². The first kappa shape index (κ1) is 7.87. The number of aliphatic hydroxyl groups is 1. The van der Waals surface area contributed by atoms with Gasteiger partial charge >= 0.3 is 0 Å². The zero-order valence-corrected chi connectivity index (χ0v) is 6.20. The maximum atomic E-state index is 8.51. The molecular formula is C6H12N4O. The summed E-state index contributed by atoms with van der Waals surface area (Å²) in [5, 5.41) is 12.4. The molecule has 1 heterocycles. The lowest BCUT2D eigenvalue weighted by atomic mass is 10.4. The number of nitrogens with two attached hydrogens (primary N) is 2. The molecule has 0 atom stereocenters. The molecular weight excluding hydrogens is 144 g/mol. The Morgan fingerprint density at radius 2 is 2.27 bits per heavy atom. The minimum Gasteiger partial charge on any atom is -0.396 e. The molecule has 0 spiro atoms. The lowest BCUT2D eigenvalue weighted by molar-refractivity contribution is 0.277. The summed E-state index contributed by atoms with van der Waals surface area (Å²) in [5.74, 6) is 0.471. The van der Waals surface area contributed by atoms with Crippen molar-refractivity contribution < 1.29 is 5.11 Å². The first-order valence-corrected chi connectivity index (χ1v) is 3.43. The highest BCUT2D eigenvalue weighted by molar-refractivity contribution is 5.56. The first-order valence-electron chi connectivity index (χ1n) is 3.43. The molecule has 0 aliphatic heterocycles. The lowest BCUT2D eigenvalue weighted by Crippen LogP contribution is -2.06. The monoisotopic (exact) mass is 156 g/mol. The number of hydrogen-bond donors (Lipinski definition) is 3. The minimum atomic E-state index is 0.138. The summed E-state index contributed by atoms with van der Waals surface area (Å²) in [6.45, 7) is 0.749. The van der Waals surface area contributed by atoms with Gasteiger partial charge in [-0.15, -0.1) is 0 Å². The van der Waals surface area contributed by atoms with Crippen LogP contribution in [0, 0.1) is 0 Å². The molecule has 0 fully saturated rings. The van der Waals surface area contributed by atoms with Crippen LogP contribution >= 0.6 is 0 Å². The molecule has 5 heteroatoms. The molecule has 0 unspecified atom stereocenters. The van der Waals surface area contributed by atoms with Crippen LogP contribution in [-0.2, 0) is 6.54 Å². The minimum absolute atomic E-state index is 0.138. The van der Waals surface area contributed by atoms with Crippen LogP contribution in [0.3, 0.4) is 0 Å². The average molecular weight is 156 g/mol. The zero-order chi connectivity index (χ0) is 8.27. The second kappa shape index (κ2) is 3.25. The van der Waals surface area contributed by atoms with Crippen LogP contribution in [0.4, 0.5) is 11.5 Å². The van der Waals surface area contributed by atoms with Gasteiger partial charge < -0.3 is 16.6 Å². The Morgan fingerprint density at radius 3 is 2.73 bits per heavy atom. The van der Waals surface area contributed by atoms with Gasteiger partial charge in [0, 0.05) is 13.2 Å². The van der Waals surface area contributed by atoms with Gasteiger partial charge in [0.2, 0.25) is 0 Å². The maximum Gasteiger partial charge on any atom is 0.145 e. The normalized spacial score (nSPS) is 10.3. The molecule has 1 aromatic heterocycles. The van der Waals surface area contributed by atoms with Gasteiger partial charge in [0.1, 0.15) is 5.82 Å². The Morgan fingerprint density at radius 1 is 1.55 bits per heavy atom. The van der Waals surface area contributed by atoms with E-state index in [9.17, 15) is 0 Å². The van der Waals surface area contributed by atoms with E-state index < -0.39 is 0 Å². The third-order valence-electron chi connectivity index (χ3n) is 1.44. The first-order chi connectivity index (χ1) is 5.25. The number of aliphatic hydroxyl groups excluding tert-OH is 1. The Hall–Kier alpha value is -1.23. The zero-order valence-electron chi connectivity index (χ0n) is 6.20. The Bertz CT molecular complexity index is 232. The number of anilines is 2. The van der Waals surface area contributed by atoms with Gasteiger partial charge in [-0.2, -0.15) is 5.10 Å². The standard InChI is InChI=1S/C6H12N4O/c7-5-4-9-10(6(5)8)2-1-3-11/h4,11H,1-3,7-8H2. The van der Waals surface area contributed by atoms with E-state index in [1.807, 2.05) is 0 Å². The third-order valence-corrected chi connectivity index (χ3v) is 1.44. The van der Waals surface area contributed by atoms with Crippen molar-refractivity contribution in [3.05, 3.63) is 6.20 Å². The molecule has 5 N–H and O–H groups in total. The summed E-state index contributed by atoms with van der Waals surface area (Å²) >= 11 is 0. The average Bonchev–Trinajstić information content (AvgIpc) is 2.31. The molecule has 0 radical (unpaired) electrons. The van der Waals surface area contributed by atoms with Crippen molar-refractivity contribution in [3.8, 4) is 0 Å². The highest BCUT2D eigenvalue weighted by Gasteiger charge is 2.01. The fourth-order valence-corrected chi connectivity index (χ4v) is 0.808. The Balaban J connectivity index is 2.63. The van der Waals surface area contributed by atoms with Gasteiger partial charge in [-0.1, -0.05) is 0 Å². The van der Waals surface area contributed by atoms with Gasteiger partial charge in [-0.3, -0.25) is 0 Å². The molecule has 5 nitrogen and oxygen atoms in total. The number of aryl methyl sites for hydroxylation is 1. The van der Waals surface area contributed by atoms with E-state index in [0.29, 0.717) is 24.5 Å². The second-order valence-corrected chi connectivity index (χ2v) is 2.29. The quantitative estimate of drug-likeness (QED) is 0.546. The highest BCUT2D eigenvalue weighted by Crippen LogP contribution is 2.12. The molecule has 62 valence electrons. The van der Waals surface area contributed by atoms with Gasteiger partial charge in [-0.05, 0) is 6.42 Å². The van der Waals surface area contributed by atoms with Crippen molar-refractivity contribution >= 4 is 11.5 Å². The summed E-state index contributed by atoms with van der Waals surface area (Å²) in [6.07, 6.45) is 2.15. The number of rotatable bonds is 3. The summed E-state index contributed by atoms with van der Waals surface area (Å²) in [5.41, 5.74) is 11.5. The van der Waals surface area contributed by atoms with Gasteiger partial charge in [0.25, 0.3) is 0 Å². The topological polar surface area (TPSA) is 90.1 Å². The maximum absolute atomic E-state index is 8.51. The molecule has 0 bridgehead atoms. The van der Waals surface area contributed by atoms with Crippen LogP contribution in [0.2, 0.25) is 0 Å².